The summed E-state index contributed by atoms with van der Waals surface area (Å²) >= 11 is 1.75. The normalized spacial score (nSPS) is 10.7. The maximum atomic E-state index is 5.93. The highest BCUT2D eigenvalue weighted by Crippen LogP contribution is 2.33. The third-order valence-corrected chi connectivity index (χ3v) is 4.12. The van der Waals surface area contributed by atoms with Gasteiger partial charge in [0.05, 0.1) is 4.70 Å². The molecule has 0 bridgehead atoms. The molecule has 0 saturated carbocycles. The predicted octanol–water partition coefficient (Wildman–Crippen LogP) is 4.79. The lowest BCUT2D eigenvalue weighted by atomic mass is 10.2. The topological polar surface area (TPSA) is 9.23 Å². The van der Waals surface area contributed by atoms with E-state index in [2.05, 4.69) is 36.6 Å². The van der Waals surface area contributed by atoms with E-state index in [0.717, 1.165) is 5.75 Å². The average molecular weight is 254 g/mol. The number of ether oxygens (including phenoxy) is 1. The standard InChI is InChI=1S/C16H14OS/c1-12-11-18-16-14(12)8-5-9-15(16)17-10-13-6-3-2-4-7-13/h2-9,11H,10H2,1H3. The number of benzene rings is 2. The molecule has 0 unspecified atom stereocenters. The molecular weight excluding hydrogens is 240 g/mol. The van der Waals surface area contributed by atoms with Gasteiger partial charge in [-0.25, -0.2) is 0 Å². The molecule has 3 rings (SSSR count). The van der Waals surface area contributed by atoms with E-state index in [1.807, 2.05) is 24.3 Å². The van der Waals surface area contributed by atoms with Crippen LogP contribution >= 0.6 is 11.3 Å². The van der Waals surface area contributed by atoms with Gasteiger partial charge in [0.2, 0.25) is 0 Å². The molecule has 0 spiro atoms. The van der Waals surface area contributed by atoms with Crippen LogP contribution in [0.1, 0.15) is 11.1 Å². The summed E-state index contributed by atoms with van der Waals surface area (Å²) < 4.78 is 7.17. The van der Waals surface area contributed by atoms with Gasteiger partial charge in [0, 0.05) is 0 Å². The Bertz CT molecular complexity index is 655. The van der Waals surface area contributed by atoms with Crippen molar-refractivity contribution in [2.75, 3.05) is 0 Å². The molecule has 2 aromatic carbocycles. The van der Waals surface area contributed by atoms with Crippen LogP contribution in [0.5, 0.6) is 5.75 Å². The fourth-order valence-corrected chi connectivity index (χ4v) is 3.03. The fraction of sp³-hybridized carbons (Fsp3) is 0.125. The summed E-state index contributed by atoms with van der Waals surface area (Å²) in [6, 6.07) is 16.5. The highest BCUT2D eigenvalue weighted by atomic mass is 32.1. The van der Waals surface area contributed by atoms with Crippen molar-refractivity contribution >= 4 is 21.4 Å². The van der Waals surface area contributed by atoms with Crippen molar-refractivity contribution in [1.29, 1.82) is 0 Å². The third kappa shape index (κ3) is 2.12. The van der Waals surface area contributed by atoms with Gasteiger partial charge in [0.25, 0.3) is 0 Å². The highest BCUT2D eigenvalue weighted by molar-refractivity contribution is 7.17. The quantitative estimate of drug-likeness (QED) is 0.653. The maximum Gasteiger partial charge on any atom is 0.137 e. The second-order valence-corrected chi connectivity index (χ2v) is 5.21. The molecule has 0 aliphatic heterocycles. The van der Waals surface area contributed by atoms with Crippen molar-refractivity contribution in [1.82, 2.24) is 0 Å². The fourth-order valence-electron chi connectivity index (χ4n) is 2.01. The number of hydrogen-bond donors (Lipinski definition) is 0. The van der Waals surface area contributed by atoms with Gasteiger partial charge in [-0.2, -0.15) is 0 Å². The Hall–Kier alpha value is -1.80. The van der Waals surface area contributed by atoms with Crippen LogP contribution in [0, 0.1) is 6.92 Å². The summed E-state index contributed by atoms with van der Waals surface area (Å²) in [4.78, 5) is 0. The minimum atomic E-state index is 0.622. The maximum absolute atomic E-state index is 5.93. The van der Waals surface area contributed by atoms with E-state index in [9.17, 15) is 0 Å². The second kappa shape index (κ2) is 4.83. The van der Waals surface area contributed by atoms with Crippen LogP contribution < -0.4 is 4.74 Å². The molecule has 0 atom stereocenters. The van der Waals surface area contributed by atoms with Gasteiger partial charge in [-0.1, -0.05) is 42.5 Å². The van der Waals surface area contributed by atoms with Gasteiger partial charge in [-0.3, -0.25) is 0 Å². The first kappa shape index (κ1) is 11.3. The molecule has 0 amide bonds. The van der Waals surface area contributed by atoms with Crippen LogP contribution in [0.3, 0.4) is 0 Å². The van der Waals surface area contributed by atoms with Crippen molar-refractivity contribution in [3.63, 3.8) is 0 Å². The number of fused-ring (bicyclic) bond motifs is 1. The van der Waals surface area contributed by atoms with E-state index in [1.165, 1.54) is 21.2 Å². The largest absolute Gasteiger partial charge is 0.487 e. The second-order valence-electron chi connectivity index (χ2n) is 4.33. The summed E-state index contributed by atoms with van der Waals surface area (Å²) in [5.41, 5.74) is 2.52. The number of rotatable bonds is 3. The molecule has 0 saturated heterocycles. The third-order valence-electron chi connectivity index (χ3n) is 2.99. The number of hydrogen-bond acceptors (Lipinski definition) is 2. The zero-order chi connectivity index (χ0) is 12.4. The molecule has 3 aromatic rings. The average Bonchev–Trinajstić information content (AvgIpc) is 2.80. The lowest BCUT2D eigenvalue weighted by Gasteiger charge is -2.07. The molecule has 0 aliphatic rings. The van der Waals surface area contributed by atoms with E-state index < -0.39 is 0 Å². The first-order valence-electron chi connectivity index (χ1n) is 5.98. The molecule has 1 nitrogen and oxygen atoms in total. The molecule has 0 N–H and O–H groups in total. The summed E-state index contributed by atoms with van der Waals surface area (Å²) in [6.45, 7) is 2.76. The van der Waals surface area contributed by atoms with Gasteiger partial charge >= 0.3 is 0 Å². The first-order chi connectivity index (χ1) is 8.84. The van der Waals surface area contributed by atoms with E-state index in [-0.39, 0.29) is 0 Å². The minimum Gasteiger partial charge on any atom is -0.487 e. The Labute approximate surface area is 111 Å². The monoisotopic (exact) mass is 254 g/mol. The van der Waals surface area contributed by atoms with Crippen molar-refractivity contribution in [2.45, 2.75) is 13.5 Å². The Morgan fingerprint density at radius 2 is 1.83 bits per heavy atom. The van der Waals surface area contributed by atoms with Crippen molar-refractivity contribution in [2.24, 2.45) is 0 Å². The molecule has 1 aromatic heterocycles. The molecule has 18 heavy (non-hydrogen) atoms. The van der Waals surface area contributed by atoms with E-state index >= 15 is 0 Å². The number of aryl methyl sites for hydroxylation is 1. The Kier molecular flexibility index (Phi) is 3.03. The van der Waals surface area contributed by atoms with Crippen LogP contribution in [-0.4, -0.2) is 0 Å². The van der Waals surface area contributed by atoms with Crippen LogP contribution in [0.4, 0.5) is 0 Å². The zero-order valence-corrected chi connectivity index (χ0v) is 11.0. The number of thiophene rings is 1. The van der Waals surface area contributed by atoms with Crippen molar-refractivity contribution < 1.29 is 4.74 Å². The van der Waals surface area contributed by atoms with E-state index in [0.29, 0.717) is 6.61 Å². The summed E-state index contributed by atoms with van der Waals surface area (Å²) in [7, 11) is 0. The molecule has 2 heteroatoms. The smallest absolute Gasteiger partial charge is 0.137 e. The van der Waals surface area contributed by atoms with Gasteiger partial charge in [-0.15, -0.1) is 11.3 Å². The van der Waals surface area contributed by atoms with Gasteiger partial charge in [0.15, 0.2) is 0 Å². The van der Waals surface area contributed by atoms with Crippen LogP contribution in [0.25, 0.3) is 10.1 Å². The zero-order valence-electron chi connectivity index (χ0n) is 10.2. The Balaban J connectivity index is 1.87. The predicted molar refractivity (Wildman–Crippen MR) is 77.3 cm³/mol. The molecular formula is C16H14OS. The van der Waals surface area contributed by atoms with Crippen LogP contribution in [0.2, 0.25) is 0 Å². The summed E-state index contributed by atoms with van der Waals surface area (Å²) in [6.07, 6.45) is 0. The van der Waals surface area contributed by atoms with E-state index in [4.69, 9.17) is 4.74 Å². The molecule has 0 radical (unpaired) electrons. The lowest BCUT2D eigenvalue weighted by Crippen LogP contribution is -1.94. The van der Waals surface area contributed by atoms with Crippen molar-refractivity contribution in [3.05, 3.63) is 65.0 Å². The molecule has 0 aliphatic carbocycles. The Morgan fingerprint density at radius 1 is 1.00 bits per heavy atom. The molecule has 90 valence electrons. The Morgan fingerprint density at radius 3 is 2.67 bits per heavy atom. The summed E-state index contributed by atoms with van der Waals surface area (Å²) in [5.74, 6) is 0.981. The minimum absolute atomic E-state index is 0.622. The molecule has 0 fully saturated rings. The summed E-state index contributed by atoms with van der Waals surface area (Å²) in [5, 5.41) is 3.48. The lowest BCUT2D eigenvalue weighted by molar-refractivity contribution is 0.310. The molecule has 1 heterocycles. The first-order valence-corrected chi connectivity index (χ1v) is 6.86. The van der Waals surface area contributed by atoms with Crippen LogP contribution in [0.15, 0.2) is 53.9 Å². The highest BCUT2D eigenvalue weighted by Gasteiger charge is 2.06. The van der Waals surface area contributed by atoms with Gasteiger partial charge in [-0.05, 0) is 34.9 Å². The van der Waals surface area contributed by atoms with E-state index in [1.54, 1.807) is 11.3 Å². The van der Waals surface area contributed by atoms with Gasteiger partial charge < -0.3 is 4.74 Å². The van der Waals surface area contributed by atoms with Crippen LogP contribution in [-0.2, 0) is 6.61 Å². The van der Waals surface area contributed by atoms with Crippen molar-refractivity contribution in [3.8, 4) is 5.75 Å². The SMILES string of the molecule is Cc1csc2c(OCc3ccccc3)cccc12. The van der Waals surface area contributed by atoms with Gasteiger partial charge in [0.1, 0.15) is 12.4 Å².